The van der Waals surface area contributed by atoms with E-state index in [0.29, 0.717) is 55.0 Å². The van der Waals surface area contributed by atoms with Crippen molar-refractivity contribution in [2.24, 2.45) is 11.7 Å². The number of carbonyl (C=O) groups is 2. The van der Waals surface area contributed by atoms with Gasteiger partial charge in [-0.05, 0) is 62.3 Å². The highest BCUT2D eigenvalue weighted by Crippen LogP contribution is 2.37. The molecule has 2 fully saturated rings. The number of Topliss-reactive ketones (excluding diaryl/α,β-unsaturated/α-hetero) is 1. The molecule has 2 aliphatic rings. The fourth-order valence-electron chi connectivity index (χ4n) is 4.74. The van der Waals surface area contributed by atoms with E-state index in [1.165, 1.54) is 6.20 Å². The van der Waals surface area contributed by atoms with Crippen LogP contribution in [-0.2, 0) is 25.8 Å². The summed E-state index contributed by atoms with van der Waals surface area (Å²) in [5.41, 5.74) is 6.74. The van der Waals surface area contributed by atoms with Gasteiger partial charge in [-0.1, -0.05) is 6.07 Å². The first-order valence-corrected chi connectivity index (χ1v) is 13.4. The average Bonchev–Trinajstić information content (AvgIpc) is 3.64. The molecule has 0 radical (unpaired) electrons. The molecular weight excluding hydrogens is 468 g/mol. The average molecular weight is 497 g/mol. The van der Waals surface area contributed by atoms with Gasteiger partial charge in [-0.3, -0.25) is 19.3 Å². The second-order valence-corrected chi connectivity index (χ2v) is 11.6. The number of primary amides is 1. The third kappa shape index (κ3) is 4.85. The van der Waals surface area contributed by atoms with Crippen LogP contribution >= 0.6 is 0 Å². The molecule has 2 aromatic heterocycles. The fourth-order valence-corrected chi connectivity index (χ4v) is 6.58. The van der Waals surface area contributed by atoms with Crippen LogP contribution in [0, 0.1) is 5.92 Å². The maximum atomic E-state index is 13.6. The standard InChI is InChI=1S/C25H28N4O5S/c26-25(31)17-4-5-18(27-14-17)13-23(30)22(12-16-8-10-34-11-9-16)29-21-2-1-3-24(20(21)15-28-29)35(32,33)19-6-7-19/h1-5,14-16,19,22H,6-13H2,(H2,26,31)/t22-/m1/s1. The summed E-state index contributed by atoms with van der Waals surface area (Å²) >= 11 is 0. The molecule has 184 valence electrons. The summed E-state index contributed by atoms with van der Waals surface area (Å²) in [6, 6.07) is 7.77. The molecule has 0 spiro atoms. The molecule has 0 unspecified atom stereocenters. The first-order valence-electron chi connectivity index (χ1n) is 11.9. The molecule has 1 saturated heterocycles. The molecule has 1 amide bonds. The Bertz CT molecular complexity index is 1360. The van der Waals surface area contributed by atoms with Crippen LogP contribution in [0.2, 0.25) is 0 Å². The van der Waals surface area contributed by atoms with Gasteiger partial charge in [0.2, 0.25) is 5.91 Å². The zero-order valence-corrected chi connectivity index (χ0v) is 20.1. The smallest absolute Gasteiger partial charge is 0.250 e. The van der Waals surface area contributed by atoms with Crippen molar-refractivity contribution in [2.45, 2.75) is 54.7 Å². The van der Waals surface area contributed by atoms with Gasteiger partial charge in [0.1, 0.15) is 6.04 Å². The normalized spacial score (nSPS) is 17.9. The van der Waals surface area contributed by atoms with Crippen molar-refractivity contribution in [2.75, 3.05) is 13.2 Å². The molecule has 3 aromatic rings. The van der Waals surface area contributed by atoms with Crippen LogP contribution in [0.5, 0.6) is 0 Å². The van der Waals surface area contributed by atoms with E-state index in [4.69, 9.17) is 10.5 Å². The second kappa shape index (κ2) is 9.50. The summed E-state index contributed by atoms with van der Waals surface area (Å²) in [7, 11) is -3.41. The highest BCUT2D eigenvalue weighted by atomic mass is 32.2. The van der Waals surface area contributed by atoms with Crippen molar-refractivity contribution in [3.63, 3.8) is 0 Å². The van der Waals surface area contributed by atoms with Crippen LogP contribution < -0.4 is 5.73 Å². The molecule has 10 heteroatoms. The molecular formula is C25H28N4O5S. The van der Waals surface area contributed by atoms with E-state index >= 15 is 0 Å². The molecule has 35 heavy (non-hydrogen) atoms. The molecule has 1 aliphatic carbocycles. The van der Waals surface area contributed by atoms with E-state index in [1.807, 2.05) is 6.07 Å². The number of pyridine rings is 1. The molecule has 1 atom stereocenters. The number of nitrogens with two attached hydrogens (primary N) is 1. The lowest BCUT2D eigenvalue weighted by atomic mass is 9.89. The number of hydrogen-bond donors (Lipinski definition) is 1. The number of ketones is 1. The largest absolute Gasteiger partial charge is 0.381 e. The zero-order valence-electron chi connectivity index (χ0n) is 19.3. The maximum absolute atomic E-state index is 13.6. The van der Waals surface area contributed by atoms with Gasteiger partial charge in [0.15, 0.2) is 15.6 Å². The first-order chi connectivity index (χ1) is 16.8. The number of hydrogen-bond acceptors (Lipinski definition) is 7. The number of benzene rings is 1. The minimum absolute atomic E-state index is 0.0638. The Morgan fingerprint density at radius 2 is 1.86 bits per heavy atom. The van der Waals surface area contributed by atoms with Crippen molar-refractivity contribution < 1.29 is 22.7 Å². The molecule has 9 nitrogen and oxygen atoms in total. The molecule has 3 heterocycles. The van der Waals surface area contributed by atoms with Crippen molar-refractivity contribution in [1.82, 2.24) is 14.8 Å². The third-order valence-corrected chi connectivity index (χ3v) is 9.22. The van der Waals surface area contributed by atoms with Crippen LogP contribution in [-0.4, -0.2) is 53.3 Å². The summed E-state index contributed by atoms with van der Waals surface area (Å²) in [4.78, 5) is 29.5. The summed E-state index contributed by atoms with van der Waals surface area (Å²) < 4.78 is 33.2. The number of amides is 1. The van der Waals surface area contributed by atoms with E-state index in [9.17, 15) is 18.0 Å². The summed E-state index contributed by atoms with van der Waals surface area (Å²) in [6.45, 7) is 1.32. The van der Waals surface area contributed by atoms with Crippen molar-refractivity contribution in [3.8, 4) is 0 Å². The van der Waals surface area contributed by atoms with Gasteiger partial charge in [0, 0.05) is 30.5 Å². The molecule has 0 bridgehead atoms. The Kier molecular flexibility index (Phi) is 6.41. The van der Waals surface area contributed by atoms with Crippen LogP contribution in [0.1, 0.15) is 54.2 Å². The third-order valence-electron chi connectivity index (χ3n) is 6.90. The number of sulfone groups is 1. The Morgan fingerprint density at radius 3 is 2.51 bits per heavy atom. The molecule has 5 rings (SSSR count). The summed E-state index contributed by atoms with van der Waals surface area (Å²) in [6.07, 6.45) is 6.65. The predicted molar refractivity (Wildman–Crippen MR) is 129 cm³/mol. The van der Waals surface area contributed by atoms with Gasteiger partial charge < -0.3 is 10.5 Å². The topological polar surface area (TPSA) is 134 Å². The number of ether oxygens (including phenoxy) is 1. The lowest BCUT2D eigenvalue weighted by Gasteiger charge is -2.26. The van der Waals surface area contributed by atoms with Crippen molar-refractivity contribution in [3.05, 3.63) is 54.0 Å². The van der Waals surface area contributed by atoms with E-state index < -0.39 is 21.8 Å². The number of fused-ring (bicyclic) bond motifs is 1. The Balaban J connectivity index is 1.49. The number of aromatic nitrogens is 3. The van der Waals surface area contributed by atoms with E-state index in [0.717, 1.165) is 12.8 Å². The Hall–Kier alpha value is -3.11. The molecule has 1 aromatic carbocycles. The number of rotatable bonds is 9. The zero-order chi connectivity index (χ0) is 24.6. The first kappa shape index (κ1) is 23.6. The highest BCUT2D eigenvalue weighted by Gasteiger charge is 2.38. The summed E-state index contributed by atoms with van der Waals surface area (Å²) in [5.74, 6) is -0.357. The molecule has 1 aliphatic heterocycles. The lowest BCUT2D eigenvalue weighted by Crippen LogP contribution is -2.27. The van der Waals surface area contributed by atoms with Crippen molar-refractivity contribution in [1.29, 1.82) is 0 Å². The van der Waals surface area contributed by atoms with Crippen LogP contribution in [0.25, 0.3) is 10.9 Å². The maximum Gasteiger partial charge on any atom is 0.250 e. The lowest BCUT2D eigenvalue weighted by molar-refractivity contribution is -0.122. The second-order valence-electron chi connectivity index (χ2n) is 9.38. The molecule has 2 N–H and O–H groups in total. The number of nitrogens with zero attached hydrogens (tertiary/aromatic N) is 3. The van der Waals surface area contributed by atoms with E-state index in [-0.39, 0.29) is 27.9 Å². The van der Waals surface area contributed by atoms with Crippen LogP contribution in [0.4, 0.5) is 0 Å². The van der Waals surface area contributed by atoms with E-state index in [1.54, 1.807) is 35.1 Å². The minimum atomic E-state index is -3.41. The minimum Gasteiger partial charge on any atom is -0.381 e. The SMILES string of the molecule is NC(=O)c1ccc(CC(=O)[C@@H](CC2CCOCC2)n2ncc3c(S(=O)(=O)C4CC4)cccc32)nc1. The van der Waals surface area contributed by atoms with Gasteiger partial charge >= 0.3 is 0 Å². The van der Waals surface area contributed by atoms with Gasteiger partial charge in [0.25, 0.3) is 0 Å². The monoisotopic (exact) mass is 496 g/mol. The number of carbonyl (C=O) groups excluding carboxylic acids is 2. The predicted octanol–water partition coefficient (Wildman–Crippen LogP) is 2.64. The van der Waals surface area contributed by atoms with Gasteiger partial charge in [-0.25, -0.2) is 8.42 Å². The van der Waals surface area contributed by atoms with Crippen molar-refractivity contribution >= 4 is 32.4 Å². The molecule has 1 saturated carbocycles. The Labute approximate surface area is 203 Å². The van der Waals surface area contributed by atoms with Gasteiger partial charge in [-0.2, -0.15) is 5.10 Å². The van der Waals surface area contributed by atoms with Gasteiger partial charge in [0.05, 0.1) is 33.8 Å². The van der Waals surface area contributed by atoms with Crippen LogP contribution in [0.15, 0.2) is 47.6 Å². The van der Waals surface area contributed by atoms with E-state index in [2.05, 4.69) is 10.1 Å². The fraction of sp³-hybridized carbons (Fsp3) is 0.440. The quantitative estimate of drug-likeness (QED) is 0.481. The highest BCUT2D eigenvalue weighted by molar-refractivity contribution is 7.92. The Morgan fingerprint density at radius 1 is 1.09 bits per heavy atom. The van der Waals surface area contributed by atoms with Crippen LogP contribution in [0.3, 0.4) is 0 Å². The summed E-state index contributed by atoms with van der Waals surface area (Å²) in [5, 5.41) is 4.75. The van der Waals surface area contributed by atoms with Gasteiger partial charge in [-0.15, -0.1) is 0 Å².